The van der Waals surface area contributed by atoms with Crippen molar-refractivity contribution in [2.45, 2.75) is 12.6 Å². The minimum absolute atomic E-state index is 0.0468. The fourth-order valence-corrected chi connectivity index (χ4v) is 4.43. The van der Waals surface area contributed by atoms with E-state index in [0.29, 0.717) is 0 Å². The number of amides is 1. The molecule has 0 radical (unpaired) electrons. The minimum atomic E-state index is -4.46. The average molecular weight is 478 g/mol. The monoisotopic (exact) mass is 477 g/mol. The Morgan fingerprint density at radius 3 is 2.53 bits per heavy atom. The topological polar surface area (TPSA) is 46.9 Å². The molecule has 0 saturated carbocycles. The largest absolute Gasteiger partial charge is 0.416 e. The molecule has 0 unspecified atom stereocenters. The number of thiophene rings is 1. The number of carbonyl (C=O) groups is 1. The number of anilines is 1. The molecule has 0 aliphatic heterocycles. The van der Waals surface area contributed by atoms with Crippen LogP contribution in [-0.4, -0.2) is 15.5 Å². The highest BCUT2D eigenvalue weighted by Gasteiger charge is 2.30. The Bertz CT molecular complexity index is 1460. The van der Waals surface area contributed by atoms with Crippen molar-refractivity contribution in [3.05, 3.63) is 101 Å². The third-order valence-corrected chi connectivity index (χ3v) is 6.14. The van der Waals surface area contributed by atoms with E-state index in [9.17, 15) is 18.0 Å². The number of halogens is 3. The molecule has 170 valence electrons. The molecule has 8 heteroatoms. The van der Waals surface area contributed by atoms with Gasteiger partial charge in [-0.15, -0.1) is 0 Å². The lowest BCUT2D eigenvalue weighted by Gasteiger charge is -2.10. The van der Waals surface area contributed by atoms with Gasteiger partial charge in [0.25, 0.3) is 0 Å². The molecule has 2 aromatic heterocycles. The van der Waals surface area contributed by atoms with Crippen LogP contribution in [0.1, 0.15) is 11.1 Å². The standard InChI is InChI=1S/C26H18F3N3OS/c27-26(28,29)20-2-1-3-21(14-20)31-25(33)12-17-4-7-22(8-5-17)32-16-30-23-13-18(6-9-24(23)32)19-10-11-34-15-19/h1-11,13-16H,12H2,(H,31,33). The number of aromatic nitrogens is 2. The molecule has 1 N–H and O–H groups in total. The van der Waals surface area contributed by atoms with E-state index in [4.69, 9.17) is 0 Å². The normalized spacial score (nSPS) is 11.6. The molecule has 0 fully saturated rings. The third kappa shape index (κ3) is 4.58. The average Bonchev–Trinajstić information content (AvgIpc) is 3.49. The van der Waals surface area contributed by atoms with Gasteiger partial charge in [-0.2, -0.15) is 24.5 Å². The molecule has 5 rings (SSSR count). The summed E-state index contributed by atoms with van der Waals surface area (Å²) < 4.78 is 40.6. The number of nitrogens with one attached hydrogen (secondary N) is 1. The molecule has 0 aliphatic rings. The number of carbonyl (C=O) groups excluding carboxylic acids is 1. The number of benzene rings is 3. The second kappa shape index (κ2) is 8.79. The maximum absolute atomic E-state index is 12.9. The second-order valence-corrected chi connectivity index (χ2v) is 8.58. The van der Waals surface area contributed by atoms with E-state index in [1.165, 1.54) is 12.1 Å². The van der Waals surface area contributed by atoms with Crippen molar-refractivity contribution in [3.8, 4) is 16.8 Å². The Morgan fingerprint density at radius 2 is 1.79 bits per heavy atom. The molecule has 0 aliphatic carbocycles. The smallest absolute Gasteiger partial charge is 0.326 e. The van der Waals surface area contributed by atoms with Gasteiger partial charge in [0.15, 0.2) is 0 Å². The maximum Gasteiger partial charge on any atom is 0.416 e. The van der Waals surface area contributed by atoms with Crippen LogP contribution in [0.25, 0.3) is 27.8 Å². The highest BCUT2D eigenvalue weighted by Crippen LogP contribution is 2.31. The molecule has 1 amide bonds. The van der Waals surface area contributed by atoms with E-state index in [-0.39, 0.29) is 18.0 Å². The summed E-state index contributed by atoms with van der Waals surface area (Å²) in [6.07, 6.45) is -2.65. The molecule has 4 nitrogen and oxygen atoms in total. The van der Waals surface area contributed by atoms with Gasteiger partial charge < -0.3 is 5.32 Å². The van der Waals surface area contributed by atoms with Gasteiger partial charge in [0.05, 0.1) is 23.0 Å². The highest BCUT2D eigenvalue weighted by molar-refractivity contribution is 7.08. The van der Waals surface area contributed by atoms with Gasteiger partial charge in [-0.3, -0.25) is 9.36 Å². The van der Waals surface area contributed by atoms with Crippen LogP contribution in [0.2, 0.25) is 0 Å². The van der Waals surface area contributed by atoms with Gasteiger partial charge in [0.1, 0.15) is 6.33 Å². The van der Waals surface area contributed by atoms with Crippen LogP contribution >= 0.6 is 11.3 Å². The number of nitrogens with zero attached hydrogens (tertiary/aromatic N) is 2. The summed E-state index contributed by atoms with van der Waals surface area (Å²) in [6.45, 7) is 0. The summed E-state index contributed by atoms with van der Waals surface area (Å²) in [5, 5.41) is 6.67. The first kappa shape index (κ1) is 21.9. The Kier molecular flexibility index (Phi) is 5.67. The number of hydrogen-bond acceptors (Lipinski definition) is 3. The Balaban J connectivity index is 1.29. The summed E-state index contributed by atoms with van der Waals surface area (Å²) in [5.74, 6) is -0.388. The number of fused-ring (bicyclic) bond motifs is 1. The van der Waals surface area contributed by atoms with E-state index < -0.39 is 11.7 Å². The highest BCUT2D eigenvalue weighted by atomic mass is 32.1. The Hall–Kier alpha value is -3.91. The number of hydrogen-bond donors (Lipinski definition) is 1. The predicted octanol–water partition coefficient (Wildman–Crippen LogP) is 6.95. The quantitative estimate of drug-likeness (QED) is 0.298. The van der Waals surface area contributed by atoms with Gasteiger partial charge in [-0.25, -0.2) is 4.98 Å². The Morgan fingerprint density at radius 1 is 0.971 bits per heavy atom. The molecule has 34 heavy (non-hydrogen) atoms. The van der Waals surface area contributed by atoms with E-state index >= 15 is 0 Å². The predicted molar refractivity (Wildman–Crippen MR) is 128 cm³/mol. The Labute approximate surface area is 197 Å². The molecule has 0 bridgehead atoms. The van der Waals surface area contributed by atoms with E-state index in [1.807, 2.05) is 40.3 Å². The fourth-order valence-electron chi connectivity index (χ4n) is 3.76. The zero-order valence-electron chi connectivity index (χ0n) is 17.7. The molecular weight excluding hydrogens is 459 g/mol. The van der Waals surface area contributed by atoms with Gasteiger partial charge in [-0.05, 0) is 76.0 Å². The van der Waals surface area contributed by atoms with Crippen molar-refractivity contribution >= 4 is 34.0 Å². The van der Waals surface area contributed by atoms with Crippen LogP contribution < -0.4 is 5.32 Å². The first-order chi connectivity index (χ1) is 16.4. The summed E-state index contributed by atoms with van der Waals surface area (Å²) in [6, 6.07) is 20.3. The lowest BCUT2D eigenvalue weighted by Crippen LogP contribution is -2.15. The van der Waals surface area contributed by atoms with E-state index in [0.717, 1.165) is 45.5 Å². The van der Waals surface area contributed by atoms with Gasteiger partial charge >= 0.3 is 6.18 Å². The fraction of sp³-hybridized carbons (Fsp3) is 0.0769. The minimum Gasteiger partial charge on any atom is -0.326 e. The van der Waals surface area contributed by atoms with Gasteiger partial charge in [-0.1, -0.05) is 24.3 Å². The zero-order valence-corrected chi connectivity index (χ0v) is 18.5. The molecule has 2 heterocycles. The summed E-state index contributed by atoms with van der Waals surface area (Å²) in [5.41, 5.74) is 5.08. The maximum atomic E-state index is 12.9. The second-order valence-electron chi connectivity index (χ2n) is 7.80. The van der Waals surface area contributed by atoms with Crippen LogP contribution in [0.15, 0.2) is 89.9 Å². The van der Waals surface area contributed by atoms with Crippen LogP contribution in [0.4, 0.5) is 18.9 Å². The number of imidazole rings is 1. The SMILES string of the molecule is O=C(Cc1ccc(-n2cnc3cc(-c4ccsc4)ccc32)cc1)Nc1cccc(C(F)(F)F)c1. The number of alkyl halides is 3. The number of rotatable bonds is 5. The van der Waals surface area contributed by atoms with E-state index in [2.05, 4.69) is 33.9 Å². The van der Waals surface area contributed by atoms with Crippen LogP contribution in [0.5, 0.6) is 0 Å². The van der Waals surface area contributed by atoms with Crippen molar-refractivity contribution in [2.24, 2.45) is 0 Å². The van der Waals surface area contributed by atoms with Crippen LogP contribution in [-0.2, 0) is 17.4 Å². The van der Waals surface area contributed by atoms with Gasteiger partial charge in [0.2, 0.25) is 5.91 Å². The first-order valence-corrected chi connectivity index (χ1v) is 11.4. The van der Waals surface area contributed by atoms with Crippen LogP contribution in [0.3, 0.4) is 0 Å². The molecular formula is C26H18F3N3OS. The van der Waals surface area contributed by atoms with Gasteiger partial charge in [0, 0.05) is 11.4 Å². The molecule has 0 spiro atoms. The van der Waals surface area contributed by atoms with Crippen molar-refractivity contribution in [3.63, 3.8) is 0 Å². The van der Waals surface area contributed by atoms with Crippen molar-refractivity contribution in [2.75, 3.05) is 5.32 Å². The molecule has 3 aromatic carbocycles. The zero-order chi connectivity index (χ0) is 23.7. The first-order valence-electron chi connectivity index (χ1n) is 10.4. The summed E-state index contributed by atoms with van der Waals surface area (Å²) >= 11 is 1.65. The summed E-state index contributed by atoms with van der Waals surface area (Å²) in [7, 11) is 0. The van der Waals surface area contributed by atoms with Crippen molar-refractivity contribution in [1.82, 2.24) is 9.55 Å². The molecule has 0 saturated heterocycles. The molecule has 0 atom stereocenters. The third-order valence-electron chi connectivity index (χ3n) is 5.45. The van der Waals surface area contributed by atoms with Crippen molar-refractivity contribution in [1.29, 1.82) is 0 Å². The van der Waals surface area contributed by atoms with E-state index in [1.54, 1.807) is 17.7 Å². The lowest BCUT2D eigenvalue weighted by atomic mass is 10.1. The summed E-state index contributed by atoms with van der Waals surface area (Å²) in [4.78, 5) is 16.9. The van der Waals surface area contributed by atoms with Crippen LogP contribution in [0, 0.1) is 0 Å². The lowest BCUT2D eigenvalue weighted by molar-refractivity contribution is -0.137. The molecule has 5 aromatic rings. The van der Waals surface area contributed by atoms with Crippen molar-refractivity contribution < 1.29 is 18.0 Å².